The van der Waals surface area contributed by atoms with Gasteiger partial charge in [-0.2, -0.15) is 0 Å². The highest BCUT2D eigenvalue weighted by atomic mass is 16.5. The van der Waals surface area contributed by atoms with Gasteiger partial charge in [0.05, 0.1) is 18.3 Å². The Morgan fingerprint density at radius 2 is 2.04 bits per heavy atom. The molecule has 0 aromatic heterocycles. The molecule has 0 spiro atoms. The highest BCUT2D eigenvalue weighted by Gasteiger charge is 2.58. The monoisotopic (exact) mass is 350 g/mol. The normalized spacial score (nSPS) is 44.5. The van der Waals surface area contributed by atoms with Gasteiger partial charge in [-0.15, -0.1) is 0 Å². The zero-order valence-electron chi connectivity index (χ0n) is 15.1. The zero-order chi connectivity index (χ0) is 18.2. The van der Waals surface area contributed by atoms with Crippen molar-refractivity contribution < 1.29 is 24.9 Å². The number of carbonyl (C=O) groups excluding carboxylic acids is 1. The largest absolute Gasteiger partial charge is 0.458 e. The lowest BCUT2D eigenvalue weighted by molar-refractivity contribution is -0.167. The Bertz CT molecular complexity index is 583. The summed E-state index contributed by atoms with van der Waals surface area (Å²) in [6, 6.07) is 0. The molecule has 2 unspecified atom stereocenters. The van der Waals surface area contributed by atoms with Gasteiger partial charge in [0, 0.05) is 12.0 Å². The molecule has 0 amide bonds. The number of fused-ring (bicyclic) bond motifs is 1. The van der Waals surface area contributed by atoms with Crippen molar-refractivity contribution in [1.82, 2.24) is 0 Å². The van der Waals surface area contributed by atoms with E-state index in [0.717, 1.165) is 19.3 Å². The van der Waals surface area contributed by atoms with Gasteiger partial charge in [-0.25, -0.2) is 4.79 Å². The van der Waals surface area contributed by atoms with Crippen LogP contribution >= 0.6 is 0 Å². The average molecular weight is 350 g/mol. The van der Waals surface area contributed by atoms with E-state index in [9.17, 15) is 20.1 Å². The van der Waals surface area contributed by atoms with Crippen molar-refractivity contribution in [2.24, 2.45) is 28.6 Å². The third-order valence-corrected chi connectivity index (χ3v) is 7.22. The molecule has 5 nitrogen and oxygen atoms in total. The van der Waals surface area contributed by atoms with Gasteiger partial charge in [0.2, 0.25) is 0 Å². The zero-order valence-corrected chi connectivity index (χ0v) is 15.1. The first kappa shape index (κ1) is 18.6. The molecule has 25 heavy (non-hydrogen) atoms. The Labute approximate surface area is 149 Å². The molecule has 3 aliphatic rings. The molecule has 2 aliphatic carbocycles. The molecule has 140 valence electrons. The molecular weight excluding hydrogens is 320 g/mol. The second-order valence-electron chi connectivity index (χ2n) is 8.44. The van der Waals surface area contributed by atoms with Crippen molar-refractivity contribution in [2.75, 3.05) is 19.8 Å². The minimum absolute atomic E-state index is 0.0356. The van der Waals surface area contributed by atoms with Gasteiger partial charge in [0.25, 0.3) is 0 Å². The first-order valence-corrected chi connectivity index (χ1v) is 9.32. The molecule has 5 heteroatoms. The van der Waals surface area contributed by atoms with Crippen LogP contribution in [-0.2, 0) is 9.53 Å². The molecule has 0 bridgehead atoms. The Hall–Kier alpha value is -1.17. The molecule has 6 atom stereocenters. The van der Waals surface area contributed by atoms with Crippen molar-refractivity contribution in [1.29, 1.82) is 0 Å². The van der Waals surface area contributed by atoms with E-state index in [1.165, 1.54) is 0 Å². The number of carbonyl (C=O) groups is 1. The lowest BCUT2D eigenvalue weighted by Crippen LogP contribution is -2.58. The topological polar surface area (TPSA) is 87.0 Å². The molecular formula is C20H30O5. The van der Waals surface area contributed by atoms with Gasteiger partial charge < -0.3 is 20.1 Å². The molecule has 3 rings (SSSR count). The molecule has 2 fully saturated rings. The van der Waals surface area contributed by atoms with E-state index in [1.807, 2.05) is 13.0 Å². The maximum Gasteiger partial charge on any atom is 0.338 e. The standard InChI is InChI=1S/C20H30O5/c1-19-9-7-17(23)20(2,12-22)16(19)6-4-14(11-21)15(19)5-3-13-8-10-25-18(13)24/h3,5,8,14-17,21-23H,4,6-7,9-12H2,1-2H3/b5-3+/t14?,15-,16?,17-,19+,20+/m1/s1. The van der Waals surface area contributed by atoms with Crippen LogP contribution in [0.3, 0.4) is 0 Å². The van der Waals surface area contributed by atoms with E-state index in [-0.39, 0.29) is 42.4 Å². The lowest BCUT2D eigenvalue weighted by atomic mass is 9.45. The average Bonchev–Trinajstić information content (AvgIpc) is 3.01. The van der Waals surface area contributed by atoms with Gasteiger partial charge in [0.1, 0.15) is 6.61 Å². The molecule has 2 saturated carbocycles. The Morgan fingerprint density at radius 3 is 2.64 bits per heavy atom. The quantitative estimate of drug-likeness (QED) is 0.673. The summed E-state index contributed by atoms with van der Waals surface area (Å²) in [6.45, 7) is 4.60. The third kappa shape index (κ3) is 2.96. The van der Waals surface area contributed by atoms with Crippen LogP contribution in [0.1, 0.15) is 39.5 Å². The van der Waals surface area contributed by atoms with Crippen LogP contribution in [0.25, 0.3) is 0 Å². The summed E-state index contributed by atoms with van der Waals surface area (Å²) < 4.78 is 4.96. The maximum atomic E-state index is 11.7. The second-order valence-corrected chi connectivity index (χ2v) is 8.44. The summed E-state index contributed by atoms with van der Waals surface area (Å²) in [5.74, 6) is 0.113. The van der Waals surface area contributed by atoms with Crippen molar-refractivity contribution in [3.8, 4) is 0 Å². The van der Waals surface area contributed by atoms with Crippen molar-refractivity contribution in [3.63, 3.8) is 0 Å². The minimum Gasteiger partial charge on any atom is -0.458 e. The smallest absolute Gasteiger partial charge is 0.338 e. The number of esters is 1. The fourth-order valence-corrected chi connectivity index (χ4v) is 5.61. The summed E-state index contributed by atoms with van der Waals surface area (Å²) >= 11 is 0. The summed E-state index contributed by atoms with van der Waals surface area (Å²) in [6.07, 6.45) is 8.41. The number of allylic oxidation sites excluding steroid dienone is 1. The molecule has 0 radical (unpaired) electrons. The van der Waals surface area contributed by atoms with Crippen LogP contribution in [0, 0.1) is 28.6 Å². The van der Waals surface area contributed by atoms with Gasteiger partial charge in [-0.1, -0.05) is 26.0 Å². The van der Waals surface area contributed by atoms with Gasteiger partial charge in [-0.3, -0.25) is 0 Å². The van der Waals surface area contributed by atoms with E-state index in [1.54, 1.807) is 6.08 Å². The van der Waals surface area contributed by atoms with Crippen molar-refractivity contribution >= 4 is 5.97 Å². The SMILES string of the molecule is C[C@]1(CO)C2CCC(CO)[C@@H](/C=C/C3=CCOC3=O)[C@]2(C)CC[C@H]1O. The van der Waals surface area contributed by atoms with Crippen LogP contribution in [0.2, 0.25) is 0 Å². The number of cyclic esters (lactones) is 1. The van der Waals surface area contributed by atoms with E-state index in [4.69, 9.17) is 4.74 Å². The van der Waals surface area contributed by atoms with Gasteiger partial charge >= 0.3 is 5.97 Å². The minimum atomic E-state index is -0.523. The highest BCUT2D eigenvalue weighted by molar-refractivity contribution is 5.93. The Morgan fingerprint density at radius 1 is 1.28 bits per heavy atom. The number of aliphatic hydroxyl groups excluding tert-OH is 3. The highest BCUT2D eigenvalue weighted by Crippen LogP contribution is 2.61. The van der Waals surface area contributed by atoms with Crippen LogP contribution < -0.4 is 0 Å². The van der Waals surface area contributed by atoms with Crippen molar-refractivity contribution in [3.05, 3.63) is 23.8 Å². The first-order chi connectivity index (χ1) is 11.9. The molecule has 3 N–H and O–H groups in total. The summed E-state index contributed by atoms with van der Waals surface area (Å²) in [7, 11) is 0. The van der Waals surface area contributed by atoms with E-state index in [0.29, 0.717) is 18.6 Å². The van der Waals surface area contributed by atoms with E-state index >= 15 is 0 Å². The lowest BCUT2D eigenvalue weighted by Gasteiger charge is -2.60. The van der Waals surface area contributed by atoms with Crippen LogP contribution in [0.4, 0.5) is 0 Å². The van der Waals surface area contributed by atoms with Crippen molar-refractivity contribution in [2.45, 2.75) is 45.6 Å². The number of rotatable bonds is 4. The number of aliphatic hydroxyl groups is 3. The second kappa shape index (κ2) is 6.86. The number of ether oxygens (including phenoxy) is 1. The first-order valence-electron chi connectivity index (χ1n) is 9.32. The fourth-order valence-electron chi connectivity index (χ4n) is 5.61. The summed E-state index contributed by atoms with van der Waals surface area (Å²) in [5, 5.41) is 30.5. The molecule has 0 saturated heterocycles. The fraction of sp³-hybridized carbons (Fsp3) is 0.750. The summed E-state index contributed by atoms with van der Waals surface area (Å²) in [4.78, 5) is 11.7. The molecule has 1 aliphatic heterocycles. The van der Waals surface area contributed by atoms with Crippen LogP contribution in [0.5, 0.6) is 0 Å². The number of hydrogen-bond acceptors (Lipinski definition) is 5. The van der Waals surface area contributed by atoms with Gasteiger partial charge in [0.15, 0.2) is 0 Å². The maximum absolute atomic E-state index is 11.7. The third-order valence-electron chi connectivity index (χ3n) is 7.22. The van der Waals surface area contributed by atoms with Gasteiger partial charge in [-0.05, 0) is 54.9 Å². The molecule has 0 aromatic carbocycles. The summed E-state index contributed by atoms with van der Waals surface area (Å²) in [5.41, 5.74) is -0.0734. The number of hydrogen-bond donors (Lipinski definition) is 3. The molecule has 1 heterocycles. The Balaban J connectivity index is 1.93. The predicted molar refractivity (Wildman–Crippen MR) is 93.5 cm³/mol. The van der Waals surface area contributed by atoms with Crippen LogP contribution in [0.15, 0.2) is 23.8 Å². The molecule has 0 aromatic rings. The predicted octanol–water partition coefficient (Wildman–Crippen LogP) is 1.82. The van der Waals surface area contributed by atoms with Crippen LogP contribution in [-0.4, -0.2) is 47.2 Å². The van der Waals surface area contributed by atoms with E-state index < -0.39 is 11.5 Å². The van der Waals surface area contributed by atoms with E-state index in [2.05, 4.69) is 13.0 Å². The Kier molecular flexibility index (Phi) is 5.11.